The van der Waals surface area contributed by atoms with Crippen LogP contribution in [-0.2, 0) is 17.6 Å². The zero-order valence-corrected chi connectivity index (χ0v) is 11.9. The van der Waals surface area contributed by atoms with Crippen molar-refractivity contribution in [2.24, 2.45) is 5.92 Å². The number of imide groups is 1. The van der Waals surface area contributed by atoms with E-state index in [2.05, 4.69) is 17.7 Å². The fourth-order valence-electron chi connectivity index (χ4n) is 2.58. The summed E-state index contributed by atoms with van der Waals surface area (Å²) in [5.74, 6) is -0.0718. The van der Waals surface area contributed by atoms with Crippen molar-refractivity contribution in [1.29, 1.82) is 0 Å². The van der Waals surface area contributed by atoms with Crippen LogP contribution in [0.15, 0.2) is 5.38 Å². The lowest BCUT2D eigenvalue weighted by Crippen LogP contribution is -2.44. The molecule has 2 N–H and O–H groups in total. The molecule has 1 aromatic heterocycles. The summed E-state index contributed by atoms with van der Waals surface area (Å²) in [6, 6.07) is -0.582. The van der Waals surface area contributed by atoms with Gasteiger partial charge in [0.05, 0.1) is 5.56 Å². The van der Waals surface area contributed by atoms with Gasteiger partial charge in [-0.05, 0) is 30.7 Å². The third kappa shape index (κ3) is 2.29. The number of hydrogen-bond acceptors (Lipinski definition) is 4. The second kappa shape index (κ2) is 4.90. The van der Waals surface area contributed by atoms with Crippen LogP contribution in [0.4, 0.5) is 4.79 Å². The Kier molecular flexibility index (Phi) is 3.21. The first-order chi connectivity index (χ1) is 9.54. The van der Waals surface area contributed by atoms with Crippen molar-refractivity contribution in [2.45, 2.75) is 26.2 Å². The standard InChI is InChI=1S/C13H15N3O3S/c1-7-2-3-8-9(6-20-10(8)4-7)12(18)15-16-5-11(17)14-13(16)19/h6-7H,2-5H2,1H3,(H,15,18)(H,14,17,19). The summed E-state index contributed by atoms with van der Waals surface area (Å²) in [5, 5.41) is 4.98. The first-order valence-corrected chi connectivity index (χ1v) is 7.44. The molecule has 0 spiro atoms. The van der Waals surface area contributed by atoms with Gasteiger partial charge in [-0.2, -0.15) is 0 Å². The van der Waals surface area contributed by atoms with Crippen LogP contribution in [0.1, 0.15) is 34.1 Å². The lowest BCUT2D eigenvalue weighted by atomic mass is 9.88. The number of amides is 4. The number of carbonyl (C=O) groups is 3. The first-order valence-electron chi connectivity index (χ1n) is 6.56. The quantitative estimate of drug-likeness (QED) is 0.801. The smallest absolute Gasteiger partial charge is 0.275 e. The summed E-state index contributed by atoms with van der Waals surface area (Å²) in [6.07, 6.45) is 2.98. The second-order valence-corrected chi connectivity index (χ2v) is 6.24. The Labute approximate surface area is 120 Å². The van der Waals surface area contributed by atoms with Crippen LogP contribution < -0.4 is 10.7 Å². The molecule has 1 fully saturated rings. The van der Waals surface area contributed by atoms with Gasteiger partial charge in [-0.25, -0.2) is 9.80 Å². The van der Waals surface area contributed by atoms with Crippen molar-refractivity contribution in [3.8, 4) is 0 Å². The van der Waals surface area contributed by atoms with Crippen molar-refractivity contribution in [1.82, 2.24) is 15.8 Å². The Hall–Kier alpha value is -1.89. The average Bonchev–Trinajstić information content (AvgIpc) is 2.92. The lowest BCUT2D eigenvalue weighted by molar-refractivity contribution is -0.118. The molecule has 2 aliphatic rings. The Balaban J connectivity index is 1.75. The third-order valence-electron chi connectivity index (χ3n) is 3.68. The van der Waals surface area contributed by atoms with Gasteiger partial charge in [0.1, 0.15) is 6.54 Å². The Morgan fingerprint density at radius 1 is 1.50 bits per heavy atom. The molecule has 0 radical (unpaired) electrons. The molecule has 3 rings (SSSR count). The molecule has 0 aromatic carbocycles. The van der Waals surface area contributed by atoms with Gasteiger partial charge in [-0.1, -0.05) is 6.92 Å². The highest BCUT2D eigenvalue weighted by Gasteiger charge is 2.30. The fraction of sp³-hybridized carbons (Fsp3) is 0.462. The van der Waals surface area contributed by atoms with Crippen LogP contribution in [0.2, 0.25) is 0 Å². The topological polar surface area (TPSA) is 78.5 Å². The van der Waals surface area contributed by atoms with E-state index in [4.69, 9.17) is 0 Å². The highest BCUT2D eigenvalue weighted by molar-refractivity contribution is 7.10. The van der Waals surface area contributed by atoms with E-state index < -0.39 is 11.9 Å². The molecule has 7 heteroatoms. The average molecular weight is 293 g/mol. The van der Waals surface area contributed by atoms with E-state index >= 15 is 0 Å². The van der Waals surface area contributed by atoms with Gasteiger partial charge in [0.25, 0.3) is 5.91 Å². The number of urea groups is 1. The molecule has 6 nitrogen and oxygen atoms in total. The Morgan fingerprint density at radius 2 is 2.30 bits per heavy atom. The van der Waals surface area contributed by atoms with Crippen molar-refractivity contribution in [3.63, 3.8) is 0 Å². The number of carbonyl (C=O) groups excluding carboxylic acids is 3. The molecule has 0 bridgehead atoms. The number of hydrogen-bond donors (Lipinski definition) is 2. The van der Waals surface area contributed by atoms with E-state index in [0.717, 1.165) is 29.8 Å². The van der Waals surface area contributed by atoms with E-state index in [9.17, 15) is 14.4 Å². The van der Waals surface area contributed by atoms with E-state index in [1.54, 1.807) is 11.3 Å². The highest BCUT2D eigenvalue weighted by atomic mass is 32.1. The van der Waals surface area contributed by atoms with Crippen molar-refractivity contribution >= 4 is 29.2 Å². The number of nitrogens with one attached hydrogen (secondary N) is 2. The predicted octanol–water partition coefficient (Wildman–Crippen LogP) is 1.07. The SMILES string of the molecule is CC1CCc2c(C(=O)NN3CC(=O)NC3=O)csc2C1. The molecular formula is C13H15N3O3S. The maximum absolute atomic E-state index is 12.2. The molecule has 0 saturated carbocycles. The summed E-state index contributed by atoms with van der Waals surface area (Å²) in [5.41, 5.74) is 4.21. The normalized spacial score (nSPS) is 21.6. The fourth-order valence-corrected chi connectivity index (χ4v) is 3.83. The summed E-state index contributed by atoms with van der Waals surface area (Å²) in [6.45, 7) is 2.08. The number of nitrogens with zero attached hydrogens (tertiary/aromatic N) is 1. The van der Waals surface area contributed by atoms with Gasteiger partial charge < -0.3 is 0 Å². The lowest BCUT2D eigenvalue weighted by Gasteiger charge is -2.19. The minimum Gasteiger partial charge on any atom is -0.275 e. The van der Waals surface area contributed by atoms with Gasteiger partial charge in [0.15, 0.2) is 0 Å². The molecule has 20 heavy (non-hydrogen) atoms. The number of rotatable bonds is 2. The number of hydrazine groups is 1. The van der Waals surface area contributed by atoms with E-state index in [1.807, 2.05) is 5.38 Å². The van der Waals surface area contributed by atoms with Gasteiger partial charge in [-0.3, -0.25) is 20.3 Å². The number of fused-ring (bicyclic) bond motifs is 1. The Bertz CT molecular complexity index is 596. The molecule has 2 heterocycles. The van der Waals surface area contributed by atoms with Gasteiger partial charge >= 0.3 is 6.03 Å². The molecule has 1 atom stereocenters. The minimum atomic E-state index is -0.582. The zero-order valence-electron chi connectivity index (χ0n) is 11.1. The second-order valence-electron chi connectivity index (χ2n) is 5.28. The van der Waals surface area contributed by atoms with Crippen molar-refractivity contribution < 1.29 is 14.4 Å². The van der Waals surface area contributed by atoms with Crippen LogP contribution in [0.5, 0.6) is 0 Å². The highest BCUT2D eigenvalue weighted by Crippen LogP contribution is 2.32. The molecule has 1 saturated heterocycles. The molecule has 1 aliphatic heterocycles. The summed E-state index contributed by atoms with van der Waals surface area (Å²) >= 11 is 1.60. The van der Waals surface area contributed by atoms with Gasteiger partial charge in [-0.15, -0.1) is 11.3 Å². The monoisotopic (exact) mass is 293 g/mol. The predicted molar refractivity (Wildman–Crippen MR) is 73.2 cm³/mol. The third-order valence-corrected chi connectivity index (χ3v) is 4.73. The van der Waals surface area contributed by atoms with Gasteiger partial charge in [0, 0.05) is 10.3 Å². The summed E-state index contributed by atoms with van der Waals surface area (Å²) in [7, 11) is 0. The maximum atomic E-state index is 12.2. The molecule has 1 unspecified atom stereocenters. The van der Waals surface area contributed by atoms with Crippen molar-refractivity contribution in [2.75, 3.05) is 6.54 Å². The molecule has 1 aromatic rings. The largest absolute Gasteiger partial charge is 0.343 e. The zero-order chi connectivity index (χ0) is 14.3. The van der Waals surface area contributed by atoms with Gasteiger partial charge in [0.2, 0.25) is 5.91 Å². The van der Waals surface area contributed by atoms with E-state index in [0.29, 0.717) is 11.5 Å². The molecule has 1 aliphatic carbocycles. The maximum Gasteiger partial charge on any atom is 0.343 e. The molecule has 4 amide bonds. The Morgan fingerprint density at radius 3 is 3.00 bits per heavy atom. The van der Waals surface area contributed by atoms with Crippen molar-refractivity contribution in [3.05, 3.63) is 21.4 Å². The van der Waals surface area contributed by atoms with E-state index in [-0.39, 0.29) is 12.5 Å². The minimum absolute atomic E-state index is 0.131. The van der Waals surface area contributed by atoms with Crippen LogP contribution in [0.3, 0.4) is 0 Å². The summed E-state index contributed by atoms with van der Waals surface area (Å²) < 4.78 is 0. The van der Waals surface area contributed by atoms with Crippen LogP contribution in [-0.4, -0.2) is 29.4 Å². The van der Waals surface area contributed by atoms with Crippen LogP contribution in [0.25, 0.3) is 0 Å². The number of thiophene rings is 1. The summed E-state index contributed by atoms with van der Waals surface area (Å²) in [4.78, 5) is 36.0. The molecule has 106 valence electrons. The molecular weight excluding hydrogens is 278 g/mol. The first kappa shape index (κ1) is 13.1. The van der Waals surface area contributed by atoms with Crippen LogP contribution >= 0.6 is 11.3 Å². The van der Waals surface area contributed by atoms with E-state index in [1.165, 1.54) is 4.88 Å². The van der Waals surface area contributed by atoms with Crippen LogP contribution in [0, 0.1) is 5.92 Å².